The highest BCUT2D eigenvalue weighted by Crippen LogP contribution is 2.17. The van der Waals surface area contributed by atoms with Crippen molar-refractivity contribution in [2.24, 2.45) is 0 Å². The number of carbonyl (C=O) groups excluding carboxylic acids is 1. The number of carbonyl (C=O) groups is 2. The van der Waals surface area contributed by atoms with E-state index in [1.54, 1.807) is 0 Å². The number of phenolic OH excluding ortho intramolecular Hbond substituents is 1. The van der Waals surface area contributed by atoms with E-state index in [9.17, 15) is 19.1 Å². The van der Waals surface area contributed by atoms with Gasteiger partial charge in [0.25, 0.3) is 5.91 Å². The first-order valence-corrected chi connectivity index (χ1v) is 4.59. The van der Waals surface area contributed by atoms with E-state index in [2.05, 4.69) is 5.32 Å². The Morgan fingerprint density at radius 3 is 2.59 bits per heavy atom. The van der Waals surface area contributed by atoms with Gasteiger partial charge in [0, 0.05) is 6.07 Å². The molecule has 0 saturated carbocycles. The Bertz CT molecular complexity index is 448. The fraction of sp³-hybridized carbons (Fsp3) is 0.200. The molecule has 0 aliphatic carbocycles. The molecule has 1 rings (SSSR count). The molecule has 7 heteroatoms. The van der Waals surface area contributed by atoms with E-state index in [-0.39, 0.29) is 5.56 Å². The third-order valence-corrected chi connectivity index (χ3v) is 1.95. The van der Waals surface area contributed by atoms with Crippen LogP contribution >= 0.6 is 0 Å². The molecule has 1 amide bonds. The molecule has 4 N–H and O–H groups in total. The Labute approximate surface area is 95.3 Å². The first-order valence-electron chi connectivity index (χ1n) is 4.59. The van der Waals surface area contributed by atoms with E-state index < -0.39 is 36.1 Å². The van der Waals surface area contributed by atoms with E-state index in [1.165, 1.54) is 0 Å². The minimum Gasteiger partial charge on any atom is -0.507 e. The van der Waals surface area contributed by atoms with Gasteiger partial charge in [-0.15, -0.1) is 0 Å². The summed E-state index contributed by atoms with van der Waals surface area (Å²) in [5.41, 5.74) is -0.205. The highest BCUT2D eigenvalue weighted by molar-refractivity contribution is 5.97. The highest BCUT2D eigenvalue weighted by atomic mass is 19.1. The van der Waals surface area contributed by atoms with Gasteiger partial charge in [-0.3, -0.25) is 4.79 Å². The molecule has 0 saturated heterocycles. The zero-order chi connectivity index (χ0) is 13.0. The number of hydrogen-bond acceptors (Lipinski definition) is 4. The van der Waals surface area contributed by atoms with Gasteiger partial charge in [0.15, 0.2) is 6.10 Å². The Morgan fingerprint density at radius 1 is 1.41 bits per heavy atom. The summed E-state index contributed by atoms with van der Waals surface area (Å²) in [5.74, 6) is -3.55. The van der Waals surface area contributed by atoms with Gasteiger partial charge in [-0.1, -0.05) is 0 Å². The molecule has 0 bridgehead atoms. The van der Waals surface area contributed by atoms with Crippen LogP contribution in [0.3, 0.4) is 0 Å². The van der Waals surface area contributed by atoms with Gasteiger partial charge in [-0.2, -0.15) is 0 Å². The predicted octanol–water partition coefficient (Wildman–Crippen LogP) is -0.293. The van der Waals surface area contributed by atoms with Crippen LogP contribution in [0.2, 0.25) is 0 Å². The van der Waals surface area contributed by atoms with Crippen molar-refractivity contribution >= 4 is 11.9 Å². The van der Waals surface area contributed by atoms with Crippen molar-refractivity contribution in [2.75, 3.05) is 6.54 Å². The molecular weight excluding hydrogens is 233 g/mol. The number of benzene rings is 1. The van der Waals surface area contributed by atoms with Crippen LogP contribution in [0.1, 0.15) is 10.4 Å². The molecule has 0 spiro atoms. The van der Waals surface area contributed by atoms with Crippen molar-refractivity contribution in [1.82, 2.24) is 5.32 Å². The zero-order valence-electron chi connectivity index (χ0n) is 8.55. The first-order chi connectivity index (χ1) is 7.91. The zero-order valence-corrected chi connectivity index (χ0v) is 8.55. The average Bonchev–Trinajstić information content (AvgIpc) is 2.25. The second kappa shape index (κ2) is 5.26. The number of hydrogen-bond donors (Lipinski definition) is 4. The molecule has 17 heavy (non-hydrogen) atoms. The number of aliphatic carboxylic acids is 1. The first kappa shape index (κ1) is 12.9. The number of carboxylic acids is 1. The van der Waals surface area contributed by atoms with Crippen LogP contribution in [0.15, 0.2) is 18.2 Å². The Hall–Kier alpha value is -2.15. The highest BCUT2D eigenvalue weighted by Gasteiger charge is 2.16. The lowest BCUT2D eigenvalue weighted by Gasteiger charge is -2.08. The van der Waals surface area contributed by atoms with E-state index >= 15 is 0 Å². The van der Waals surface area contributed by atoms with Crippen LogP contribution < -0.4 is 5.32 Å². The van der Waals surface area contributed by atoms with Crippen molar-refractivity contribution in [1.29, 1.82) is 0 Å². The number of aromatic hydroxyl groups is 1. The van der Waals surface area contributed by atoms with Crippen molar-refractivity contribution in [3.8, 4) is 5.75 Å². The van der Waals surface area contributed by atoms with Gasteiger partial charge in [-0.25, -0.2) is 9.18 Å². The largest absolute Gasteiger partial charge is 0.507 e. The third-order valence-electron chi connectivity index (χ3n) is 1.95. The molecule has 1 aromatic carbocycles. The smallest absolute Gasteiger partial charge is 0.334 e. The molecule has 6 nitrogen and oxygen atoms in total. The molecule has 0 radical (unpaired) electrons. The maximum Gasteiger partial charge on any atom is 0.334 e. The van der Waals surface area contributed by atoms with Gasteiger partial charge in [-0.05, 0) is 12.1 Å². The molecule has 1 aromatic rings. The number of rotatable bonds is 4. The lowest BCUT2D eigenvalue weighted by Crippen LogP contribution is -2.36. The summed E-state index contributed by atoms with van der Waals surface area (Å²) in [6.45, 7) is -0.509. The molecule has 1 unspecified atom stereocenters. The number of aliphatic hydroxyl groups is 1. The average molecular weight is 243 g/mol. The number of phenols is 1. The molecule has 0 fully saturated rings. The van der Waals surface area contributed by atoms with Crippen LogP contribution in [0.4, 0.5) is 4.39 Å². The maximum atomic E-state index is 12.6. The summed E-state index contributed by atoms with van der Waals surface area (Å²) < 4.78 is 12.6. The third kappa shape index (κ3) is 3.42. The van der Waals surface area contributed by atoms with E-state index in [0.717, 1.165) is 18.2 Å². The predicted molar refractivity (Wildman–Crippen MR) is 54.0 cm³/mol. The van der Waals surface area contributed by atoms with Crippen molar-refractivity contribution in [3.05, 3.63) is 29.6 Å². The van der Waals surface area contributed by atoms with E-state index in [4.69, 9.17) is 10.2 Å². The second-order valence-corrected chi connectivity index (χ2v) is 3.23. The van der Waals surface area contributed by atoms with Crippen molar-refractivity contribution in [2.45, 2.75) is 6.10 Å². The minimum atomic E-state index is -1.73. The SMILES string of the molecule is O=C(NCC(O)C(=O)O)c1ccc(F)cc1O. The van der Waals surface area contributed by atoms with Crippen LogP contribution in [-0.2, 0) is 4.79 Å². The Kier molecular flexibility index (Phi) is 4.00. The number of carboxylic acid groups (broad SMARTS) is 1. The lowest BCUT2D eigenvalue weighted by molar-refractivity contribution is -0.146. The molecule has 0 aliphatic rings. The summed E-state index contributed by atoms with van der Waals surface area (Å²) in [4.78, 5) is 21.7. The van der Waals surface area contributed by atoms with Crippen molar-refractivity contribution < 1.29 is 29.3 Å². The topological polar surface area (TPSA) is 107 Å². The fourth-order valence-corrected chi connectivity index (χ4v) is 1.07. The molecular formula is C10H10FNO5. The molecule has 92 valence electrons. The van der Waals surface area contributed by atoms with Gasteiger partial charge in [0.05, 0.1) is 12.1 Å². The van der Waals surface area contributed by atoms with E-state index in [1.807, 2.05) is 0 Å². The quantitative estimate of drug-likeness (QED) is 0.581. The number of aliphatic hydroxyl groups excluding tert-OH is 1. The number of halogens is 1. The summed E-state index contributed by atoms with van der Waals surface area (Å²) in [6.07, 6.45) is -1.73. The molecule has 0 heterocycles. The van der Waals surface area contributed by atoms with Gasteiger partial charge in [0.1, 0.15) is 11.6 Å². The van der Waals surface area contributed by atoms with Gasteiger partial charge in [0.2, 0.25) is 0 Å². The number of amides is 1. The minimum absolute atomic E-state index is 0.205. The summed E-state index contributed by atoms with van der Waals surface area (Å²) in [5, 5.41) is 28.6. The number of nitrogens with one attached hydrogen (secondary N) is 1. The van der Waals surface area contributed by atoms with Crippen LogP contribution in [0.5, 0.6) is 5.75 Å². The van der Waals surface area contributed by atoms with Crippen LogP contribution in [0.25, 0.3) is 0 Å². The molecule has 0 aromatic heterocycles. The van der Waals surface area contributed by atoms with Crippen molar-refractivity contribution in [3.63, 3.8) is 0 Å². The standard InChI is InChI=1S/C10H10FNO5/c11-5-1-2-6(7(13)3-5)9(15)12-4-8(14)10(16)17/h1-3,8,13-14H,4H2,(H,12,15)(H,16,17). The van der Waals surface area contributed by atoms with Crippen LogP contribution in [-0.4, -0.2) is 39.8 Å². The summed E-state index contributed by atoms with van der Waals surface area (Å²) in [7, 11) is 0. The van der Waals surface area contributed by atoms with E-state index in [0.29, 0.717) is 0 Å². The maximum absolute atomic E-state index is 12.6. The fourth-order valence-electron chi connectivity index (χ4n) is 1.07. The second-order valence-electron chi connectivity index (χ2n) is 3.23. The Morgan fingerprint density at radius 2 is 2.06 bits per heavy atom. The molecule has 1 atom stereocenters. The summed E-state index contributed by atoms with van der Waals surface area (Å²) >= 11 is 0. The monoisotopic (exact) mass is 243 g/mol. The summed E-state index contributed by atoms with van der Waals surface area (Å²) in [6, 6.07) is 2.78. The lowest BCUT2D eigenvalue weighted by atomic mass is 10.2. The Balaban J connectivity index is 2.67. The van der Waals surface area contributed by atoms with Crippen LogP contribution in [0, 0.1) is 5.82 Å². The molecule has 0 aliphatic heterocycles. The van der Waals surface area contributed by atoms with Gasteiger partial charge < -0.3 is 20.6 Å². The normalized spacial score (nSPS) is 11.9. The van der Waals surface area contributed by atoms with Gasteiger partial charge >= 0.3 is 5.97 Å².